The van der Waals surface area contributed by atoms with Gasteiger partial charge in [0.2, 0.25) is 0 Å². The topological polar surface area (TPSA) is 58.5 Å². The van der Waals surface area contributed by atoms with Crippen molar-refractivity contribution < 1.29 is 0 Å². The smallest absolute Gasteiger partial charge is 0.125 e. The summed E-state index contributed by atoms with van der Waals surface area (Å²) in [7, 11) is 2.02. The third-order valence-electron chi connectivity index (χ3n) is 2.84. The van der Waals surface area contributed by atoms with E-state index in [4.69, 9.17) is 0 Å². The zero-order valence-electron chi connectivity index (χ0n) is 10.3. The molecule has 1 unspecified atom stereocenters. The second-order valence-electron chi connectivity index (χ2n) is 4.21. The molecule has 0 aromatic carbocycles. The maximum atomic E-state index is 4.33. The van der Waals surface area contributed by atoms with E-state index >= 15 is 0 Å². The maximum absolute atomic E-state index is 4.33. The van der Waals surface area contributed by atoms with Gasteiger partial charge in [0.25, 0.3) is 0 Å². The van der Waals surface area contributed by atoms with Crippen molar-refractivity contribution in [3.63, 3.8) is 0 Å². The van der Waals surface area contributed by atoms with Crippen LogP contribution in [0.25, 0.3) is 0 Å². The number of nitrogens with zero attached hydrogens (tertiary/aromatic N) is 3. The molecule has 0 amide bonds. The molecule has 2 heterocycles. The number of hydrogen-bond donors (Lipinski definition) is 2. The van der Waals surface area contributed by atoms with Crippen molar-refractivity contribution in [2.75, 3.05) is 6.54 Å². The van der Waals surface area contributed by atoms with Crippen LogP contribution in [0.2, 0.25) is 0 Å². The zero-order chi connectivity index (χ0) is 12.1. The number of aromatic amines is 1. The molecule has 2 N–H and O–H groups in total. The fourth-order valence-electron chi connectivity index (χ4n) is 1.89. The van der Waals surface area contributed by atoms with E-state index < -0.39 is 0 Å². The predicted octanol–water partition coefficient (Wildman–Crippen LogP) is 1.43. The minimum Gasteiger partial charge on any atom is -0.349 e. The van der Waals surface area contributed by atoms with E-state index in [1.54, 1.807) is 6.20 Å². The second kappa shape index (κ2) is 5.63. The molecule has 0 radical (unpaired) electrons. The monoisotopic (exact) mass is 233 g/mol. The number of H-pyrrole nitrogens is 1. The molecule has 0 saturated heterocycles. The highest BCUT2D eigenvalue weighted by Crippen LogP contribution is 2.08. The molecule has 0 saturated carbocycles. The minimum atomic E-state index is 0.284. The first-order chi connectivity index (χ1) is 8.27. The molecule has 17 heavy (non-hydrogen) atoms. The fourth-order valence-corrected chi connectivity index (χ4v) is 1.89. The maximum Gasteiger partial charge on any atom is 0.125 e. The largest absolute Gasteiger partial charge is 0.349 e. The lowest BCUT2D eigenvalue weighted by Gasteiger charge is -2.13. The Hall–Kier alpha value is -1.62. The van der Waals surface area contributed by atoms with Gasteiger partial charge in [-0.3, -0.25) is 0 Å². The van der Waals surface area contributed by atoms with E-state index in [-0.39, 0.29) is 6.04 Å². The molecular weight excluding hydrogens is 214 g/mol. The van der Waals surface area contributed by atoms with Crippen molar-refractivity contribution in [1.29, 1.82) is 0 Å². The Morgan fingerprint density at radius 1 is 1.41 bits per heavy atom. The van der Waals surface area contributed by atoms with Crippen LogP contribution < -0.4 is 5.32 Å². The number of rotatable bonds is 6. The van der Waals surface area contributed by atoms with Crippen LogP contribution in [0.5, 0.6) is 0 Å². The highest BCUT2D eigenvalue weighted by molar-refractivity contribution is 4.97. The first kappa shape index (κ1) is 11.9. The minimum absolute atomic E-state index is 0.284. The SMILES string of the molecule is CC(NCCCc1ncc[nH]1)c1nccn1C. The summed E-state index contributed by atoms with van der Waals surface area (Å²) in [6.45, 7) is 3.10. The van der Waals surface area contributed by atoms with Crippen LogP contribution in [0.3, 0.4) is 0 Å². The van der Waals surface area contributed by atoms with Gasteiger partial charge in [-0.2, -0.15) is 0 Å². The average Bonchev–Trinajstić information content (AvgIpc) is 2.95. The molecule has 0 spiro atoms. The molecule has 5 heteroatoms. The summed E-state index contributed by atoms with van der Waals surface area (Å²) in [6.07, 6.45) is 9.50. The number of aromatic nitrogens is 4. The molecule has 0 aliphatic rings. The molecule has 2 aromatic rings. The van der Waals surface area contributed by atoms with E-state index in [9.17, 15) is 0 Å². The van der Waals surface area contributed by atoms with Crippen molar-refractivity contribution in [2.45, 2.75) is 25.8 Å². The van der Waals surface area contributed by atoms with Gasteiger partial charge in [-0.15, -0.1) is 0 Å². The van der Waals surface area contributed by atoms with Gasteiger partial charge in [0.05, 0.1) is 6.04 Å². The summed E-state index contributed by atoms with van der Waals surface area (Å²) in [4.78, 5) is 11.6. The molecule has 0 aliphatic carbocycles. The van der Waals surface area contributed by atoms with Gasteiger partial charge in [-0.05, 0) is 19.9 Å². The average molecular weight is 233 g/mol. The van der Waals surface area contributed by atoms with Crippen LogP contribution in [0, 0.1) is 0 Å². The standard InChI is InChI=1S/C12H19N5/c1-10(12-16-8-9-17(12)2)13-5-3-4-11-14-6-7-15-11/h6-10,13H,3-5H2,1-2H3,(H,14,15). The number of aryl methyl sites for hydroxylation is 2. The molecular formula is C12H19N5. The molecule has 0 aliphatic heterocycles. The second-order valence-corrected chi connectivity index (χ2v) is 4.21. The van der Waals surface area contributed by atoms with Crippen molar-refractivity contribution in [3.8, 4) is 0 Å². The molecule has 1 atom stereocenters. The fraction of sp³-hybridized carbons (Fsp3) is 0.500. The van der Waals surface area contributed by atoms with E-state index in [0.717, 1.165) is 31.0 Å². The van der Waals surface area contributed by atoms with E-state index in [0.29, 0.717) is 0 Å². The third-order valence-corrected chi connectivity index (χ3v) is 2.84. The first-order valence-corrected chi connectivity index (χ1v) is 5.96. The van der Waals surface area contributed by atoms with E-state index in [1.165, 1.54) is 0 Å². The van der Waals surface area contributed by atoms with Gasteiger partial charge in [-0.1, -0.05) is 0 Å². The molecule has 0 bridgehead atoms. The summed E-state index contributed by atoms with van der Waals surface area (Å²) in [5.41, 5.74) is 0. The number of nitrogens with one attached hydrogen (secondary N) is 2. The number of imidazole rings is 2. The van der Waals surface area contributed by atoms with Gasteiger partial charge in [0, 0.05) is 38.3 Å². The van der Waals surface area contributed by atoms with Gasteiger partial charge in [0.1, 0.15) is 11.6 Å². The van der Waals surface area contributed by atoms with E-state index in [2.05, 4.69) is 27.2 Å². The Bertz CT molecular complexity index is 431. The highest BCUT2D eigenvalue weighted by atomic mass is 15.1. The van der Waals surface area contributed by atoms with Gasteiger partial charge in [0.15, 0.2) is 0 Å². The van der Waals surface area contributed by atoms with Crippen LogP contribution in [0.1, 0.15) is 31.0 Å². The van der Waals surface area contributed by atoms with Gasteiger partial charge >= 0.3 is 0 Å². The highest BCUT2D eigenvalue weighted by Gasteiger charge is 2.08. The summed E-state index contributed by atoms with van der Waals surface area (Å²) in [5, 5.41) is 3.46. The van der Waals surface area contributed by atoms with Crippen molar-refractivity contribution in [1.82, 2.24) is 24.8 Å². The molecule has 5 nitrogen and oxygen atoms in total. The Morgan fingerprint density at radius 3 is 2.94 bits per heavy atom. The summed E-state index contributed by atoms with van der Waals surface area (Å²) >= 11 is 0. The van der Waals surface area contributed by atoms with Gasteiger partial charge < -0.3 is 14.9 Å². The van der Waals surface area contributed by atoms with Gasteiger partial charge in [-0.25, -0.2) is 9.97 Å². The Labute approximate surface area is 101 Å². The summed E-state index contributed by atoms with van der Waals surface area (Å²) in [5.74, 6) is 2.12. The van der Waals surface area contributed by atoms with Crippen LogP contribution >= 0.6 is 0 Å². The molecule has 2 rings (SSSR count). The third kappa shape index (κ3) is 3.17. The summed E-state index contributed by atoms with van der Waals surface area (Å²) in [6, 6.07) is 0.284. The molecule has 2 aromatic heterocycles. The lowest BCUT2D eigenvalue weighted by molar-refractivity contribution is 0.518. The molecule has 92 valence electrons. The summed E-state index contributed by atoms with van der Waals surface area (Å²) < 4.78 is 2.05. The Balaban J connectivity index is 1.70. The normalized spacial score (nSPS) is 12.8. The lowest BCUT2D eigenvalue weighted by Crippen LogP contribution is -2.22. The van der Waals surface area contributed by atoms with E-state index in [1.807, 2.05) is 30.2 Å². The first-order valence-electron chi connectivity index (χ1n) is 5.96. The van der Waals surface area contributed by atoms with Crippen molar-refractivity contribution in [3.05, 3.63) is 36.4 Å². The Kier molecular flexibility index (Phi) is 3.93. The predicted molar refractivity (Wildman–Crippen MR) is 66.5 cm³/mol. The van der Waals surface area contributed by atoms with Crippen LogP contribution in [-0.2, 0) is 13.5 Å². The van der Waals surface area contributed by atoms with Crippen LogP contribution in [0.15, 0.2) is 24.8 Å². The molecule has 0 fully saturated rings. The van der Waals surface area contributed by atoms with Crippen LogP contribution in [0.4, 0.5) is 0 Å². The van der Waals surface area contributed by atoms with Crippen LogP contribution in [-0.4, -0.2) is 26.1 Å². The number of hydrogen-bond acceptors (Lipinski definition) is 3. The quantitative estimate of drug-likeness (QED) is 0.742. The zero-order valence-corrected chi connectivity index (χ0v) is 10.3. The van der Waals surface area contributed by atoms with Crippen molar-refractivity contribution in [2.24, 2.45) is 7.05 Å². The van der Waals surface area contributed by atoms with Crippen molar-refractivity contribution >= 4 is 0 Å². The lowest BCUT2D eigenvalue weighted by atomic mass is 10.2. The Morgan fingerprint density at radius 2 is 2.29 bits per heavy atom.